The molecule has 7 heteroatoms. The minimum Gasteiger partial charge on any atom is -0.480 e. The maximum absolute atomic E-state index is 11.7. The molecule has 0 aromatic heterocycles. The van der Waals surface area contributed by atoms with E-state index < -0.39 is 30.4 Å². The van der Waals surface area contributed by atoms with E-state index in [-0.39, 0.29) is 6.04 Å². The van der Waals surface area contributed by atoms with Gasteiger partial charge in [-0.3, -0.25) is 4.79 Å². The summed E-state index contributed by atoms with van der Waals surface area (Å²) in [5, 5.41) is 13.7. The fourth-order valence-corrected chi connectivity index (χ4v) is 1.84. The van der Waals surface area contributed by atoms with Crippen molar-refractivity contribution in [2.45, 2.75) is 31.8 Å². The minimum atomic E-state index is -1.33. The van der Waals surface area contributed by atoms with Crippen LogP contribution in [0.1, 0.15) is 18.9 Å². The summed E-state index contributed by atoms with van der Waals surface area (Å²) in [4.78, 5) is 33.3. The second-order valence-corrected chi connectivity index (χ2v) is 4.77. The van der Waals surface area contributed by atoms with Crippen LogP contribution < -0.4 is 16.4 Å². The molecule has 5 N–H and O–H groups in total. The monoisotopic (exact) mass is 293 g/mol. The number of nitrogens with one attached hydrogen (secondary N) is 2. The highest BCUT2D eigenvalue weighted by Gasteiger charge is 2.22. The van der Waals surface area contributed by atoms with Crippen LogP contribution in [0.2, 0.25) is 0 Å². The Kier molecular flexibility index (Phi) is 6.19. The third-order valence-corrected chi connectivity index (χ3v) is 2.77. The fraction of sp³-hybridized carbons (Fsp3) is 0.357. The molecule has 1 aromatic rings. The predicted octanol–water partition coefficient (Wildman–Crippen LogP) is 0.245. The van der Waals surface area contributed by atoms with Gasteiger partial charge in [-0.15, -0.1) is 0 Å². The molecule has 114 valence electrons. The molecule has 2 unspecified atom stereocenters. The number of rotatable bonds is 7. The number of nitrogens with two attached hydrogens (primary N) is 1. The van der Waals surface area contributed by atoms with Crippen LogP contribution in [0.5, 0.6) is 0 Å². The van der Waals surface area contributed by atoms with E-state index in [4.69, 9.17) is 10.8 Å². The molecule has 0 heterocycles. The van der Waals surface area contributed by atoms with Gasteiger partial charge in [-0.25, -0.2) is 9.59 Å². The normalized spacial score (nSPS) is 13.0. The van der Waals surface area contributed by atoms with Gasteiger partial charge in [0.1, 0.15) is 6.04 Å². The van der Waals surface area contributed by atoms with E-state index in [1.807, 2.05) is 30.3 Å². The lowest BCUT2D eigenvalue weighted by Gasteiger charge is -2.17. The molecule has 0 spiro atoms. The van der Waals surface area contributed by atoms with Gasteiger partial charge in [0.05, 0.1) is 6.42 Å². The molecule has 0 aliphatic rings. The lowest BCUT2D eigenvalue weighted by Crippen LogP contribution is -2.50. The first-order chi connectivity index (χ1) is 9.88. The van der Waals surface area contributed by atoms with Gasteiger partial charge in [-0.2, -0.15) is 0 Å². The Morgan fingerprint density at radius 3 is 2.33 bits per heavy atom. The third kappa shape index (κ3) is 6.42. The van der Waals surface area contributed by atoms with Crippen molar-refractivity contribution in [3.05, 3.63) is 35.9 Å². The van der Waals surface area contributed by atoms with Crippen LogP contribution in [0.3, 0.4) is 0 Å². The SMILES string of the molecule is CC(Cc1ccccc1)NC(=O)NC(CC(N)=O)C(=O)O. The Hall–Kier alpha value is -2.57. The van der Waals surface area contributed by atoms with Gasteiger partial charge in [0.2, 0.25) is 5.91 Å². The summed E-state index contributed by atoms with van der Waals surface area (Å²) < 4.78 is 0. The van der Waals surface area contributed by atoms with Gasteiger partial charge in [0.25, 0.3) is 0 Å². The highest BCUT2D eigenvalue weighted by molar-refractivity contribution is 5.87. The van der Waals surface area contributed by atoms with Crippen molar-refractivity contribution in [2.75, 3.05) is 0 Å². The standard InChI is InChI=1S/C14H19N3O4/c1-9(7-10-5-3-2-4-6-10)16-14(21)17-11(13(19)20)8-12(15)18/h2-6,9,11H,7-8H2,1H3,(H2,15,18)(H,19,20)(H2,16,17,21). The molecule has 3 amide bonds. The number of aliphatic carboxylic acids is 1. The molecule has 0 bridgehead atoms. The number of carboxylic acid groups (broad SMARTS) is 1. The van der Waals surface area contributed by atoms with E-state index in [0.29, 0.717) is 6.42 Å². The topological polar surface area (TPSA) is 122 Å². The maximum Gasteiger partial charge on any atom is 0.326 e. The predicted molar refractivity (Wildman–Crippen MR) is 76.5 cm³/mol. The highest BCUT2D eigenvalue weighted by Crippen LogP contribution is 2.02. The van der Waals surface area contributed by atoms with Crippen molar-refractivity contribution in [1.29, 1.82) is 0 Å². The van der Waals surface area contributed by atoms with Gasteiger partial charge < -0.3 is 21.5 Å². The lowest BCUT2D eigenvalue weighted by molar-refractivity contribution is -0.140. The number of hydrogen-bond donors (Lipinski definition) is 4. The number of carbonyl (C=O) groups is 3. The smallest absolute Gasteiger partial charge is 0.326 e. The Morgan fingerprint density at radius 1 is 1.19 bits per heavy atom. The van der Waals surface area contributed by atoms with Crippen LogP contribution in [0.25, 0.3) is 0 Å². The van der Waals surface area contributed by atoms with E-state index in [0.717, 1.165) is 5.56 Å². The summed E-state index contributed by atoms with van der Waals surface area (Å²) in [6.45, 7) is 1.80. The molecular weight excluding hydrogens is 274 g/mol. The van der Waals surface area contributed by atoms with Crippen LogP contribution in [0, 0.1) is 0 Å². The number of primary amides is 1. The van der Waals surface area contributed by atoms with E-state index in [2.05, 4.69) is 10.6 Å². The Balaban J connectivity index is 2.48. The zero-order valence-electron chi connectivity index (χ0n) is 11.7. The maximum atomic E-state index is 11.7. The van der Waals surface area contributed by atoms with E-state index >= 15 is 0 Å². The number of benzene rings is 1. The fourth-order valence-electron chi connectivity index (χ4n) is 1.84. The zero-order valence-corrected chi connectivity index (χ0v) is 11.7. The zero-order chi connectivity index (χ0) is 15.8. The van der Waals surface area contributed by atoms with Crippen molar-refractivity contribution in [1.82, 2.24) is 10.6 Å². The van der Waals surface area contributed by atoms with Gasteiger partial charge in [0, 0.05) is 6.04 Å². The van der Waals surface area contributed by atoms with E-state index in [9.17, 15) is 14.4 Å². The number of urea groups is 1. The van der Waals surface area contributed by atoms with Crippen molar-refractivity contribution in [2.24, 2.45) is 5.73 Å². The first kappa shape index (κ1) is 16.5. The van der Waals surface area contributed by atoms with Crippen molar-refractivity contribution in [3.8, 4) is 0 Å². The third-order valence-electron chi connectivity index (χ3n) is 2.77. The van der Waals surface area contributed by atoms with E-state index in [1.165, 1.54) is 0 Å². The second kappa shape index (κ2) is 7.88. The number of carbonyl (C=O) groups excluding carboxylic acids is 2. The number of hydrogen-bond acceptors (Lipinski definition) is 3. The molecule has 0 radical (unpaired) electrons. The Labute approximate surface area is 122 Å². The molecule has 1 aromatic carbocycles. The van der Waals surface area contributed by atoms with Crippen molar-refractivity contribution >= 4 is 17.9 Å². The van der Waals surface area contributed by atoms with Crippen LogP contribution in [0.4, 0.5) is 4.79 Å². The molecule has 0 aliphatic carbocycles. The molecule has 2 atom stereocenters. The number of carboxylic acids is 1. The summed E-state index contributed by atoms with van der Waals surface area (Å²) in [7, 11) is 0. The second-order valence-electron chi connectivity index (χ2n) is 4.77. The Bertz CT molecular complexity index is 504. The minimum absolute atomic E-state index is 0.185. The summed E-state index contributed by atoms with van der Waals surface area (Å²) >= 11 is 0. The molecule has 0 saturated heterocycles. The van der Waals surface area contributed by atoms with Gasteiger partial charge in [-0.1, -0.05) is 30.3 Å². The summed E-state index contributed by atoms with van der Waals surface area (Å²) in [6.07, 6.45) is 0.164. The first-order valence-corrected chi connectivity index (χ1v) is 6.50. The molecule has 0 fully saturated rings. The van der Waals surface area contributed by atoms with Gasteiger partial charge >= 0.3 is 12.0 Å². The van der Waals surface area contributed by atoms with Gasteiger partial charge in [-0.05, 0) is 18.9 Å². The molecule has 7 nitrogen and oxygen atoms in total. The molecule has 1 rings (SSSR count). The van der Waals surface area contributed by atoms with Gasteiger partial charge in [0.15, 0.2) is 0 Å². The first-order valence-electron chi connectivity index (χ1n) is 6.50. The molecule has 21 heavy (non-hydrogen) atoms. The molecule has 0 saturated carbocycles. The van der Waals surface area contributed by atoms with Crippen LogP contribution in [0.15, 0.2) is 30.3 Å². The molecular formula is C14H19N3O4. The average molecular weight is 293 g/mol. The molecule has 0 aliphatic heterocycles. The number of amides is 3. The van der Waals surface area contributed by atoms with E-state index in [1.54, 1.807) is 6.92 Å². The largest absolute Gasteiger partial charge is 0.480 e. The highest BCUT2D eigenvalue weighted by atomic mass is 16.4. The van der Waals surface area contributed by atoms with Crippen LogP contribution in [-0.4, -0.2) is 35.1 Å². The lowest BCUT2D eigenvalue weighted by atomic mass is 10.1. The Morgan fingerprint density at radius 2 is 1.81 bits per heavy atom. The summed E-state index contributed by atoms with van der Waals surface area (Å²) in [6, 6.07) is 7.40. The van der Waals surface area contributed by atoms with Crippen molar-refractivity contribution in [3.63, 3.8) is 0 Å². The average Bonchev–Trinajstić information content (AvgIpc) is 2.38. The van der Waals surface area contributed by atoms with Crippen molar-refractivity contribution < 1.29 is 19.5 Å². The quantitative estimate of drug-likeness (QED) is 0.575. The van der Waals surface area contributed by atoms with Crippen LogP contribution >= 0.6 is 0 Å². The summed E-state index contributed by atoms with van der Waals surface area (Å²) in [5.74, 6) is -2.10. The summed E-state index contributed by atoms with van der Waals surface area (Å²) in [5.41, 5.74) is 5.99. The van der Waals surface area contributed by atoms with Crippen LogP contribution in [-0.2, 0) is 16.0 Å².